The van der Waals surface area contributed by atoms with E-state index < -0.39 is 0 Å². The maximum Gasteiger partial charge on any atom is 0.278 e. The Labute approximate surface area is 144 Å². The minimum atomic E-state index is -0.0409. The second kappa shape index (κ2) is 6.37. The number of hydrogen-bond acceptors (Lipinski definition) is 5. The van der Waals surface area contributed by atoms with E-state index in [1.807, 2.05) is 35.0 Å². The van der Waals surface area contributed by atoms with E-state index in [1.165, 1.54) is 0 Å². The van der Waals surface area contributed by atoms with Gasteiger partial charge < -0.3 is 9.26 Å². The van der Waals surface area contributed by atoms with E-state index in [9.17, 15) is 0 Å². The maximum atomic E-state index is 5.95. The fourth-order valence-corrected chi connectivity index (χ4v) is 2.92. The molecule has 0 N–H and O–H groups in total. The van der Waals surface area contributed by atoms with Crippen molar-refractivity contribution in [2.75, 3.05) is 0 Å². The Hall–Kier alpha value is -2.18. The molecule has 0 saturated carbocycles. The topological polar surface area (TPSA) is 66.0 Å². The van der Waals surface area contributed by atoms with E-state index in [-0.39, 0.29) is 6.10 Å². The maximum absolute atomic E-state index is 5.95. The fraction of sp³-hybridized carbons (Fsp3) is 0.353. The summed E-state index contributed by atoms with van der Waals surface area (Å²) in [5.74, 6) is 1.18. The number of aromatic nitrogens is 4. The molecule has 0 amide bonds. The zero-order chi connectivity index (χ0) is 16.5. The molecule has 1 aliphatic heterocycles. The number of hydrogen-bond donors (Lipinski definition) is 0. The van der Waals surface area contributed by atoms with Gasteiger partial charge in [0.05, 0.1) is 18.8 Å². The van der Waals surface area contributed by atoms with Crippen LogP contribution in [0.5, 0.6) is 0 Å². The van der Waals surface area contributed by atoms with Crippen LogP contribution in [-0.2, 0) is 24.3 Å². The van der Waals surface area contributed by atoms with Crippen LogP contribution in [0.15, 0.2) is 34.9 Å². The molecule has 1 aliphatic rings. The van der Waals surface area contributed by atoms with Crippen LogP contribution in [0.4, 0.5) is 0 Å². The van der Waals surface area contributed by atoms with Crippen LogP contribution >= 0.6 is 11.6 Å². The molecule has 0 radical (unpaired) electrons. The van der Waals surface area contributed by atoms with Crippen LogP contribution < -0.4 is 0 Å². The number of halogens is 1. The summed E-state index contributed by atoms with van der Waals surface area (Å²) >= 11 is 5.95. The quantitative estimate of drug-likeness (QED) is 0.720. The molecule has 24 heavy (non-hydrogen) atoms. The molecule has 7 heteroatoms. The van der Waals surface area contributed by atoms with Gasteiger partial charge in [-0.3, -0.25) is 4.68 Å². The molecule has 3 heterocycles. The summed E-state index contributed by atoms with van der Waals surface area (Å²) < 4.78 is 13.2. The first-order chi connectivity index (χ1) is 11.7. The third-order valence-electron chi connectivity index (χ3n) is 4.04. The highest BCUT2D eigenvalue weighted by Gasteiger charge is 2.24. The van der Waals surface area contributed by atoms with Crippen molar-refractivity contribution in [2.24, 2.45) is 0 Å². The van der Waals surface area contributed by atoms with Crippen LogP contribution in [0.3, 0.4) is 0 Å². The van der Waals surface area contributed by atoms with Gasteiger partial charge in [-0.15, -0.1) is 0 Å². The first-order valence-corrected chi connectivity index (χ1v) is 8.37. The van der Waals surface area contributed by atoms with Crippen LogP contribution in [0.2, 0.25) is 5.02 Å². The molecule has 0 unspecified atom stereocenters. The third kappa shape index (κ3) is 2.95. The van der Waals surface area contributed by atoms with E-state index in [4.69, 9.17) is 20.9 Å². The summed E-state index contributed by atoms with van der Waals surface area (Å²) in [6.45, 7) is 3.22. The van der Waals surface area contributed by atoms with Crippen LogP contribution in [0, 0.1) is 0 Å². The SMILES string of the molecule is CCCc1noc(-c2cc3n(n2)C[C@H](c2ccc(Cl)cc2)OC3)n1. The van der Waals surface area contributed by atoms with Gasteiger partial charge in [0.15, 0.2) is 11.5 Å². The van der Waals surface area contributed by atoms with Gasteiger partial charge in [0.1, 0.15) is 6.10 Å². The minimum absolute atomic E-state index is 0.0409. The van der Waals surface area contributed by atoms with Gasteiger partial charge in [0.2, 0.25) is 0 Å². The van der Waals surface area contributed by atoms with E-state index in [2.05, 4.69) is 22.2 Å². The van der Waals surface area contributed by atoms with E-state index in [0.717, 1.165) is 29.1 Å². The number of nitrogens with zero attached hydrogens (tertiary/aromatic N) is 4. The Morgan fingerprint density at radius 2 is 2.12 bits per heavy atom. The Morgan fingerprint density at radius 1 is 1.29 bits per heavy atom. The van der Waals surface area contributed by atoms with Gasteiger partial charge in [-0.05, 0) is 30.2 Å². The fourth-order valence-electron chi connectivity index (χ4n) is 2.79. The predicted molar refractivity (Wildman–Crippen MR) is 88.5 cm³/mol. The van der Waals surface area contributed by atoms with Crippen molar-refractivity contribution in [3.8, 4) is 11.6 Å². The average molecular weight is 345 g/mol. The molecule has 1 aromatic carbocycles. The molecule has 3 aromatic rings. The highest BCUT2D eigenvalue weighted by Crippen LogP contribution is 2.29. The molecule has 1 atom stereocenters. The normalized spacial score (nSPS) is 17.0. The summed E-state index contributed by atoms with van der Waals surface area (Å²) in [7, 11) is 0. The predicted octanol–water partition coefficient (Wildman–Crippen LogP) is 3.81. The van der Waals surface area contributed by atoms with Crippen LogP contribution in [0.1, 0.15) is 36.5 Å². The summed E-state index contributed by atoms with van der Waals surface area (Å²) in [5.41, 5.74) is 2.79. The summed E-state index contributed by atoms with van der Waals surface area (Å²) in [4.78, 5) is 4.39. The molecule has 0 fully saturated rings. The van der Waals surface area contributed by atoms with Crippen molar-refractivity contribution >= 4 is 11.6 Å². The lowest BCUT2D eigenvalue weighted by atomic mass is 10.1. The zero-order valence-electron chi connectivity index (χ0n) is 13.3. The van der Waals surface area contributed by atoms with E-state index in [0.29, 0.717) is 30.6 Å². The van der Waals surface area contributed by atoms with E-state index in [1.54, 1.807) is 0 Å². The summed E-state index contributed by atoms with van der Waals surface area (Å²) in [5, 5.41) is 9.30. The average Bonchev–Trinajstić information content (AvgIpc) is 3.21. The monoisotopic (exact) mass is 344 g/mol. The number of aryl methyl sites for hydroxylation is 1. The lowest BCUT2D eigenvalue weighted by Crippen LogP contribution is -2.21. The lowest BCUT2D eigenvalue weighted by Gasteiger charge is -2.24. The van der Waals surface area contributed by atoms with Crippen molar-refractivity contribution in [3.05, 3.63) is 52.4 Å². The Bertz CT molecular complexity index is 841. The molecule has 124 valence electrons. The number of rotatable bonds is 4. The van der Waals surface area contributed by atoms with Gasteiger partial charge >= 0.3 is 0 Å². The zero-order valence-corrected chi connectivity index (χ0v) is 14.0. The molecular formula is C17H17ClN4O2. The molecular weight excluding hydrogens is 328 g/mol. The molecule has 0 bridgehead atoms. The van der Waals surface area contributed by atoms with Gasteiger partial charge in [-0.25, -0.2) is 0 Å². The smallest absolute Gasteiger partial charge is 0.278 e. The second-order valence-electron chi connectivity index (χ2n) is 5.82. The number of benzene rings is 1. The standard InChI is InChI=1S/C17H17ClN4O2/c1-2-3-16-19-17(24-21-16)14-8-13-10-23-15(9-22(13)20-14)11-4-6-12(18)7-5-11/h4-8,15H,2-3,9-10H2,1H3/t15-/m1/s1. The van der Waals surface area contributed by atoms with Crippen molar-refractivity contribution in [1.29, 1.82) is 0 Å². The highest BCUT2D eigenvalue weighted by atomic mass is 35.5. The molecule has 2 aromatic heterocycles. The van der Waals surface area contributed by atoms with Crippen LogP contribution in [-0.4, -0.2) is 19.9 Å². The van der Waals surface area contributed by atoms with Crippen molar-refractivity contribution in [3.63, 3.8) is 0 Å². The molecule has 4 rings (SSSR count). The van der Waals surface area contributed by atoms with Gasteiger partial charge in [-0.1, -0.05) is 35.8 Å². The van der Waals surface area contributed by atoms with Crippen molar-refractivity contribution in [2.45, 2.75) is 39.0 Å². The number of ether oxygens (including phenoxy) is 1. The Balaban J connectivity index is 1.56. The van der Waals surface area contributed by atoms with E-state index >= 15 is 0 Å². The molecule has 0 aliphatic carbocycles. The summed E-state index contributed by atoms with van der Waals surface area (Å²) in [6, 6.07) is 9.66. The van der Waals surface area contributed by atoms with Gasteiger partial charge in [0, 0.05) is 11.4 Å². The second-order valence-corrected chi connectivity index (χ2v) is 6.26. The first-order valence-electron chi connectivity index (χ1n) is 7.99. The lowest BCUT2D eigenvalue weighted by molar-refractivity contribution is -0.00112. The largest absolute Gasteiger partial charge is 0.365 e. The molecule has 6 nitrogen and oxygen atoms in total. The molecule has 0 spiro atoms. The first kappa shape index (κ1) is 15.4. The summed E-state index contributed by atoms with van der Waals surface area (Å²) in [6.07, 6.45) is 1.74. The van der Waals surface area contributed by atoms with Crippen molar-refractivity contribution < 1.29 is 9.26 Å². The van der Waals surface area contributed by atoms with Crippen LogP contribution in [0.25, 0.3) is 11.6 Å². The molecule has 0 saturated heterocycles. The van der Waals surface area contributed by atoms with Gasteiger partial charge in [0.25, 0.3) is 5.89 Å². The highest BCUT2D eigenvalue weighted by molar-refractivity contribution is 6.30. The van der Waals surface area contributed by atoms with Crippen molar-refractivity contribution in [1.82, 2.24) is 19.9 Å². The Kier molecular flexibility index (Phi) is 4.08. The number of fused-ring (bicyclic) bond motifs is 1. The third-order valence-corrected chi connectivity index (χ3v) is 4.29. The van der Waals surface area contributed by atoms with Gasteiger partial charge in [-0.2, -0.15) is 10.1 Å². The minimum Gasteiger partial charge on any atom is -0.365 e. The Morgan fingerprint density at radius 3 is 2.92 bits per heavy atom.